The van der Waals surface area contributed by atoms with E-state index in [0.29, 0.717) is 6.61 Å². The Kier molecular flexibility index (Phi) is 7.77. The summed E-state index contributed by atoms with van der Waals surface area (Å²) in [6.45, 7) is 4.29. The first-order chi connectivity index (χ1) is 16.3. The normalized spacial score (nSPS) is 15.8. The summed E-state index contributed by atoms with van der Waals surface area (Å²) in [4.78, 5) is 0. The second-order valence-electron chi connectivity index (χ2n) is 8.62. The number of alkyl halides is 3. The van der Waals surface area contributed by atoms with Crippen LogP contribution in [-0.2, 0) is 15.8 Å². The quantitative estimate of drug-likeness (QED) is 0.196. The van der Waals surface area contributed by atoms with Crippen LogP contribution in [0.4, 0.5) is 18.9 Å². The third kappa shape index (κ3) is 5.89. The van der Waals surface area contributed by atoms with Crippen molar-refractivity contribution >= 4 is 29.5 Å². The summed E-state index contributed by atoms with van der Waals surface area (Å²) in [5, 5.41) is 3.07. The molecule has 3 aromatic rings. The molecule has 0 aromatic heterocycles. The van der Waals surface area contributed by atoms with Crippen molar-refractivity contribution in [3.05, 3.63) is 88.4 Å². The molecule has 1 aliphatic rings. The van der Waals surface area contributed by atoms with Gasteiger partial charge in [0.25, 0.3) is 0 Å². The fourth-order valence-corrected chi connectivity index (χ4v) is 5.08. The Morgan fingerprint density at radius 2 is 1.74 bits per heavy atom. The first-order valence-electron chi connectivity index (χ1n) is 11.1. The summed E-state index contributed by atoms with van der Waals surface area (Å²) in [6, 6.07) is 20.8. The monoisotopic (exact) mass is 506 g/mol. The molecule has 0 atom stereocenters. The van der Waals surface area contributed by atoms with E-state index in [1.165, 1.54) is 28.8 Å². The van der Waals surface area contributed by atoms with Crippen molar-refractivity contribution < 1.29 is 17.4 Å². The zero-order valence-electron chi connectivity index (χ0n) is 18.7. The molecule has 180 valence electrons. The number of hydrogen-bond acceptors (Lipinski definition) is 4. The molecule has 0 amide bonds. The van der Waals surface area contributed by atoms with Crippen molar-refractivity contribution in [1.29, 1.82) is 0 Å². The predicted molar refractivity (Wildman–Crippen MR) is 134 cm³/mol. The summed E-state index contributed by atoms with van der Waals surface area (Å²) in [5.41, 5.74) is 4.02. The molecule has 0 saturated carbocycles. The van der Waals surface area contributed by atoms with Crippen LogP contribution in [0.3, 0.4) is 0 Å². The van der Waals surface area contributed by atoms with Crippen LogP contribution >= 0.6 is 23.8 Å². The molecule has 34 heavy (non-hydrogen) atoms. The number of anilines is 1. The molecule has 0 bridgehead atoms. The number of piperidine rings is 1. The number of halogens is 4. The Morgan fingerprint density at radius 3 is 2.41 bits per heavy atom. The third-order valence-corrected chi connectivity index (χ3v) is 7.12. The maximum absolute atomic E-state index is 13.1. The maximum Gasteiger partial charge on any atom is 0.417 e. The van der Waals surface area contributed by atoms with E-state index in [1.807, 2.05) is 0 Å². The third-order valence-electron chi connectivity index (χ3n) is 6.23. The Hall–Kier alpha value is -2.19. The van der Waals surface area contributed by atoms with Crippen molar-refractivity contribution in [3.8, 4) is 11.1 Å². The molecule has 1 heterocycles. The summed E-state index contributed by atoms with van der Waals surface area (Å²) >= 11 is 6.64. The van der Waals surface area contributed by atoms with Gasteiger partial charge in [-0.3, -0.25) is 4.18 Å². The van der Waals surface area contributed by atoms with Gasteiger partial charge in [0, 0.05) is 11.1 Å². The van der Waals surface area contributed by atoms with Gasteiger partial charge in [-0.15, -0.1) is 0 Å². The Balaban J connectivity index is 1.43. The van der Waals surface area contributed by atoms with Crippen LogP contribution < -0.4 is 10.0 Å². The van der Waals surface area contributed by atoms with Crippen LogP contribution in [0.5, 0.6) is 0 Å². The van der Waals surface area contributed by atoms with Crippen LogP contribution in [0.15, 0.2) is 66.7 Å². The zero-order valence-corrected chi connectivity index (χ0v) is 20.3. The molecule has 0 aliphatic carbocycles. The standard InChI is InChI=1S/C26H26ClF3N2OS/c1-18-3-2-4-20(15-18)19-5-7-21(8-6-19)25(11-13-31-14-12-25)17-33-34-32-22-9-10-24(27)23(16-22)26(28,29)30/h2-10,15-16,31-32H,11-14,17H2,1H3. The highest BCUT2D eigenvalue weighted by Gasteiger charge is 2.35. The van der Waals surface area contributed by atoms with E-state index in [2.05, 4.69) is 65.5 Å². The highest BCUT2D eigenvalue weighted by atomic mass is 35.5. The van der Waals surface area contributed by atoms with E-state index in [9.17, 15) is 13.2 Å². The van der Waals surface area contributed by atoms with E-state index >= 15 is 0 Å². The van der Waals surface area contributed by atoms with Crippen molar-refractivity contribution in [2.45, 2.75) is 31.4 Å². The predicted octanol–water partition coefficient (Wildman–Crippen LogP) is 7.65. The molecule has 1 fully saturated rings. The Labute approximate surface area is 207 Å². The highest BCUT2D eigenvalue weighted by Crippen LogP contribution is 2.38. The molecule has 3 nitrogen and oxygen atoms in total. The van der Waals surface area contributed by atoms with Gasteiger partial charge in [-0.05, 0) is 67.7 Å². The number of benzene rings is 3. The first-order valence-corrected chi connectivity index (χ1v) is 12.2. The van der Waals surface area contributed by atoms with Crippen molar-refractivity contribution in [2.24, 2.45) is 0 Å². The van der Waals surface area contributed by atoms with Gasteiger partial charge in [-0.2, -0.15) is 13.2 Å². The average Bonchev–Trinajstić information content (AvgIpc) is 2.83. The summed E-state index contributed by atoms with van der Waals surface area (Å²) in [6.07, 6.45) is -2.68. The number of aryl methyl sites for hydroxylation is 1. The lowest BCUT2D eigenvalue weighted by atomic mass is 9.73. The number of nitrogens with one attached hydrogen (secondary N) is 2. The minimum Gasteiger partial charge on any atom is -0.317 e. The van der Waals surface area contributed by atoms with Gasteiger partial charge >= 0.3 is 6.18 Å². The Morgan fingerprint density at radius 1 is 1.00 bits per heavy atom. The molecule has 8 heteroatoms. The molecule has 1 aliphatic heterocycles. The topological polar surface area (TPSA) is 33.3 Å². The van der Waals surface area contributed by atoms with Crippen molar-refractivity contribution in [1.82, 2.24) is 5.32 Å². The second kappa shape index (κ2) is 10.6. The molecule has 4 rings (SSSR count). The Bertz CT molecular complexity index is 1120. The molecule has 2 N–H and O–H groups in total. The fourth-order valence-electron chi connectivity index (χ4n) is 4.29. The smallest absolute Gasteiger partial charge is 0.317 e. The summed E-state index contributed by atoms with van der Waals surface area (Å²) < 4.78 is 48.0. The molecule has 1 saturated heterocycles. The second-order valence-corrected chi connectivity index (χ2v) is 9.63. The molecule has 0 unspecified atom stereocenters. The largest absolute Gasteiger partial charge is 0.417 e. The lowest BCUT2D eigenvalue weighted by Crippen LogP contribution is -2.42. The molecule has 3 aromatic carbocycles. The lowest BCUT2D eigenvalue weighted by molar-refractivity contribution is -0.137. The molecular formula is C26H26ClF3N2OS. The van der Waals surface area contributed by atoms with E-state index in [4.69, 9.17) is 15.8 Å². The van der Waals surface area contributed by atoms with Gasteiger partial charge in [-0.25, -0.2) is 0 Å². The van der Waals surface area contributed by atoms with Crippen molar-refractivity contribution in [2.75, 3.05) is 24.4 Å². The van der Waals surface area contributed by atoms with Gasteiger partial charge < -0.3 is 10.0 Å². The number of hydrogen-bond donors (Lipinski definition) is 2. The van der Waals surface area contributed by atoms with Gasteiger partial charge in [0.1, 0.15) is 12.2 Å². The minimum absolute atomic E-state index is 0.164. The minimum atomic E-state index is -4.51. The average molecular weight is 507 g/mol. The van der Waals surface area contributed by atoms with E-state index in [-0.39, 0.29) is 16.1 Å². The van der Waals surface area contributed by atoms with Gasteiger partial charge in [-0.1, -0.05) is 65.7 Å². The van der Waals surface area contributed by atoms with Crippen molar-refractivity contribution in [3.63, 3.8) is 0 Å². The summed E-state index contributed by atoms with van der Waals surface area (Å²) in [5.74, 6) is 0. The molecule has 0 radical (unpaired) electrons. The number of rotatable bonds is 7. The first kappa shape index (κ1) is 24.9. The van der Waals surface area contributed by atoms with Crippen LogP contribution in [0, 0.1) is 6.92 Å². The lowest BCUT2D eigenvalue weighted by Gasteiger charge is -2.37. The molecule has 0 spiro atoms. The van der Waals surface area contributed by atoms with Gasteiger partial charge in [0.2, 0.25) is 0 Å². The van der Waals surface area contributed by atoms with E-state index < -0.39 is 11.7 Å². The van der Waals surface area contributed by atoms with Crippen LogP contribution in [0.1, 0.15) is 29.5 Å². The van der Waals surface area contributed by atoms with Gasteiger partial charge in [0.05, 0.1) is 17.2 Å². The van der Waals surface area contributed by atoms with Crippen LogP contribution in [0.25, 0.3) is 11.1 Å². The van der Waals surface area contributed by atoms with Crippen LogP contribution in [-0.4, -0.2) is 19.7 Å². The maximum atomic E-state index is 13.1. The van der Waals surface area contributed by atoms with E-state index in [0.717, 1.165) is 49.8 Å². The van der Waals surface area contributed by atoms with E-state index in [1.54, 1.807) is 0 Å². The summed E-state index contributed by atoms with van der Waals surface area (Å²) in [7, 11) is 0. The van der Waals surface area contributed by atoms with Crippen LogP contribution in [0.2, 0.25) is 5.02 Å². The highest BCUT2D eigenvalue weighted by molar-refractivity contribution is 7.96. The SMILES string of the molecule is Cc1cccc(-c2ccc(C3(COSNc4ccc(Cl)c(C(F)(F)F)c4)CCNCC3)cc2)c1. The molecular weight excluding hydrogens is 481 g/mol. The fraction of sp³-hybridized carbons (Fsp3) is 0.308. The zero-order chi connectivity index (χ0) is 24.2. The van der Waals surface area contributed by atoms with Gasteiger partial charge in [0.15, 0.2) is 0 Å².